The fourth-order valence-corrected chi connectivity index (χ4v) is 2.57. The van der Waals surface area contributed by atoms with Gasteiger partial charge in [-0.3, -0.25) is 14.4 Å². The highest BCUT2D eigenvalue weighted by Gasteiger charge is 2.18. The number of nitrogens with one attached hydrogen (secondary N) is 3. The molecule has 0 spiro atoms. The van der Waals surface area contributed by atoms with Crippen LogP contribution in [0.4, 0.5) is 0 Å². The molecule has 1 fully saturated rings. The van der Waals surface area contributed by atoms with Crippen LogP contribution >= 0.6 is 0 Å². The van der Waals surface area contributed by atoms with E-state index in [1.54, 1.807) is 25.1 Å². The van der Waals surface area contributed by atoms with Crippen LogP contribution in [0.15, 0.2) is 27.8 Å². The van der Waals surface area contributed by atoms with Crippen LogP contribution in [0, 0.1) is 5.92 Å². The normalized spacial score (nSPS) is 14.8. The zero-order valence-corrected chi connectivity index (χ0v) is 12.3. The van der Waals surface area contributed by atoms with Crippen molar-refractivity contribution in [1.82, 2.24) is 20.2 Å². The number of aromatic amines is 1. The van der Waals surface area contributed by atoms with Crippen LogP contribution < -0.4 is 21.8 Å². The van der Waals surface area contributed by atoms with Gasteiger partial charge in [-0.25, -0.2) is 0 Å². The van der Waals surface area contributed by atoms with Gasteiger partial charge >= 0.3 is 11.1 Å². The predicted octanol–water partition coefficient (Wildman–Crippen LogP) is -0.341. The van der Waals surface area contributed by atoms with Crippen LogP contribution in [0.25, 0.3) is 11.0 Å². The zero-order chi connectivity index (χ0) is 15.7. The van der Waals surface area contributed by atoms with Crippen LogP contribution in [0.2, 0.25) is 0 Å². The highest BCUT2D eigenvalue weighted by molar-refractivity contribution is 5.97. The predicted molar refractivity (Wildman–Crippen MR) is 83.2 cm³/mol. The lowest BCUT2D eigenvalue weighted by molar-refractivity contribution is 0.0942. The number of hydrogen-bond acceptors (Lipinski definition) is 4. The number of fused-ring (bicyclic) bond motifs is 1. The van der Waals surface area contributed by atoms with Crippen molar-refractivity contribution in [2.24, 2.45) is 5.92 Å². The van der Waals surface area contributed by atoms with E-state index in [0.717, 1.165) is 13.1 Å². The Bertz CT molecular complexity index is 833. The van der Waals surface area contributed by atoms with Crippen molar-refractivity contribution in [2.75, 3.05) is 19.6 Å². The lowest BCUT2D eigenvalue weighted by Crippen LogP contribution is -2.48. The Kier molecular flexibility index (Phi) is 3.81. The molecule has 3 rings (SSSR count). The van der Waals surface area contributed by atoms with Crippen molar-refractivity contribution in [3.05, 3.63) is 44.5 Å². The van der Waals surface area contributed by atoms with Crippen molar-refractivity contribution in [3.8, 4) is 0 Å². The minimum absolute atomic E-state index is 0.177. The van der Waals surface area contributed by atoms with Gasteiger partial charge in [-0.2, -0.15) is 0 Å². The Balaban J connectivity index is 1.92. The van der Waals surface area contributed by atoms with E-state index in [2.05, 4.69) is 15.6 Å². The molecule has 3 N–H and O–H groups in total. The Morgan fingerprint density at radius 1 is 1.36 bits per heavy atom. The summed E-state index contributed by atoms with van der Waals surface area (Å²) in [6, 6.07) is 4.97. The third-order valence-corrected chi connectivity index (χ3v) is 3.97. The molecule has 1 aliphatic rings. The molecule has 0 radical (unpaired) electrons. The largest absolute Gasteiger partial charge is 0.352 e. The second-order valence-corrected chi connectivity index (χ2v) is 5.47. The van der Waals surface area contributed by atoms with Crippen LogP contribution in [0.1, 0.15) is 17.3 Å². The van der Waals surface area contributed by atoms with Gasteiger partial charge in [-0.1, -0.05) is 0 Å². The van der Waals surface area contributed by atoms with Gasteiger partial charge in [0, 0.05) is 37.7 Å². The van der Waals surface area contributed by atoms with Crippen LogP contribution in [0.3, 0.4) is 0 Å². The van der Waals surface area contributed by atoms with Gasteiger partial charge in [0.2, 0.25) is 0 Å². The molecule has 1 amide bonds. The topological polar surface area (TPSA) is 96.0 Å². The van der Waals surface area contributed by atoms with E-state index < -0.39 is 11.1 Å². The number of aromatic nitrogens is 2. The standard InChI is InChI=1S/C15H18N4O3/c1-2-19-12-4-3-10(5-11(12)18-14(21)15(19)22)13(20)17-8-9-6-16-7-9/h3-5,9,16H,2,6-8H2,1H3,(H,17,20)(H,18,21). The number of benzene rings is 1. The first kappa shape index (κ1) is 14.5. The van der Waals surface area contributed by atoms with Gasteiger partial charge in [0.25, 0.3) is 5.91 Å². The molecule has 1 aliphatic heterocycles. The molecule has 1 saturated heterocycles. The molecular formula is C15H18N4O3. The zero-order valence-electron chi connectivity index (χ0n) is 12.3. The van der Waals surface area contributed by atoms with Crippen LogP contribution in [0.5, 0.6) is 0 Å². The smallest absolute Gasteiger partial charge is 0.316 e. The number of rotatable bonds is 4. The molecule has 0 aliphatic carbocycles. The molecule has 2 heterocycles. The number of H-pyrrole nitrogens is 1. The lowest BCUT2D eigenvalue weighted by Gasteiger charge is -2.27. The summed E-state index contributed by atoms with van der Waals surface area (Å²) in [4.78, 5) is 38.1. The monoisotopic (exact) mass is 302 g/mol. The van der Waals surface area contributed by atoms with Gasteiger partial charge in [-0.15, -0.1) is 0 Å². The minimum Gasteiger partial charge on any atom is -0.352 e. The average molecular weight is 302 g/mol. The van der Waals surface area contributed by atoms with E-state index in [0.29, 0.717) is 35.6 Å². The maximum atomic E-state index is 12.1. The van der Waals surface area contributed by atoms with E-state index in [-0.39, 0.29) is 5.91 Å². The molecule has 0 atom stereocenters. The van der Waals surface area contributed by atoms with Crippen molar-refractivity contribution < 1.29 is 4.79 Å². The summed E-state index contributed by atoms with van der Waals surface area (Å²) >= 11 is 0. The molecule has 1 aromatic carbocycles. The van der Waals surface area contributed by atoms with Crippen molar-refractivity contribution >= 4 is 16.9 Å². The van der Waals surface area contributed by atoms with E-state index in [1.807, 2.05) is 0 Å². The molecule has 0 bridgehead atoms. The summed E-state index contributed by atoms with van der Waals surface area (Å²) in [5.74, 6) is 0.304. The molecule has 2 aromatic rings. The maximum Gasteiger partial charge on any atom is 0.316 e. The van der Waals surface area contributed by atoms with Gasteiger partial charge in [0.05, 0.1) is 11.0 Å². The maximum absolute atomic E-state index is 12.1. The van der Waals surface area contributed by atoms with E-state index >= 15 is 0 Å². The molecule has 22 heavy (non-hydrogen) atoms. The van der Waals surface area contributed by atoms with E-state index in [1.165, 1.54) is 4.57 Å². The Hall–Kier alpha value is -2.41. The summed E-state index contributed by atoms with van der Waals surface area (Å²) in [7, 11) is 0. The number of aryl methyl sites for hydroxylation is 1. The lowest BCUT2D eigenvalue weighted by atomic mass is 10.0. The first-order chi connectivity index (χ1) is 10.6. The third-order valence-electron chi connectivity index (χ3n) is 3.97. The second kappa shape index (κ2) is 5.76. The Morgan fingerprint density at radius 2 is 2.14 bits per heavy atom. The minimum atomic E-state index is -0.674. The van der Waals surface area contributed by atoms with Gasteiger partial charge in [0.15, 0.2) is 0 Å². The number of hydrogen-bond donors (Lipinski definition) is 3. The molecule has 116 valence electrons. The Morgan fingerprint density at radius 3 is 2.77 bits per heavy atom. The third kappa shape index (κ3) is 2.55. The number of carbonyl (C=O) groups excluding carboxylic acids is 1. The summed E-state index contributed by atoms with van der Waals surface area (Å²) in [5, 5.41) is 6.03. The molecular weight excluding hydrogens is 284 g/mol. The van der Waals surface area contributed by atoms with Crippen molar-refractivity contribution in [2.45, 2.75) is 13.5 Å². The van der Waals surface area contributed by atoms with Crippen molar-refractivity contribution in [1.29, 1.82) is 0 Å². The van der Waals surface area contributed by atoms with Crippen LogP contribution in [-0.2, 0) is 6.54 Å². The highest BCUT2D eigenvalue weighted by Crippen LogP contribution is 2.12. The molecule has 7 nitrogen and oxygen atoms in total. The van der Waals surface area contributed by atoms with Crippen molar-refractivity contribution in [3.63, 3.8) is 0 Å². The molecule has 0 saturated carbocycles. The van der Waals surface area contributed by atoms with Gasteiger partial charge in [0.1, 0.15) is 0 Å². The second-order valence-electron chi connectivity index (χ2n) is 5.47. The SMILES string of the molecule is CCn1c(=O)c(=O)[nH]c2cc(C(=O)NCC3CNC3)ccc21. The Labute approximate surface area is 126 Å². The summed E-state index contributed by atoms with van der Waals surface area (Å²) in [6.07, 6.45) is 0. The van der Waals surface area contributed by atoms with Gasteiger partial charge in [-0.05, 0) is 25.1 Å². The summed E-state index contributed by atoms with van der Waals surface area (Å²) < 4.78 is 1.40. The summed E-state index contributed by atoms with van der Waals surface area (Å²) in [5.41, 5.74) is 0.324. The fourth-order valence-electron chi connectivity index (χ4n) is 2.57. The molecule has 0 unspecified atom stereocenters. The van der Waals surface area contributed by atoms with E-state index in [4.69, 9.17) is 0 Å². The molecule has 7 heteroatoms. The number of amides is 1. The first-order valence-corrected chi connectivity index (χ1v) is 7.36. The number of carbonyl (C=O) groups is 1. The quantitative estimate of drug-likeness (QED) is 0.673. The average Bonchev–Trinajstić information content (AvgIpc) is 2.46. The first-order valence-electron chi connectivity index (χ1n) is 7.36. The molecule has 1 aromatic heterocycles. The number of nitrogens with zero attached hydrogens (tertiary/aromatic N) is 1. The van der Waals surface area contributed by atoms with Gasteiger partial charge < -0.3 is 20.2 Å². The van der Waals surface area contributed by atoms with E-state index in [9.17, 15) is 14.4 Å². The summed E-state index contributed by atoms with van der Waals surface area (Å²) in [6.45, 7) is 4.68. The highest BCUT2D eigenvalue weighted by atomic mass is 16.2. The fraction of sp³-hybridized carbons (Fsp3) is 0.400. The van der Waals surface area contributed by atoms with Crippen LogP contribution in [-0.4, -0.2) is 35.1 Å².